The number of methoxy groups -OCH3 is 1. The molecule has 1 aromatic carbocycles. The summed E-state index contributed by atoms with van der Waals surface area (Å²) in [5.74, 6) is 0.944. The standard InChI is InChI=1S/C10H15NO4S/c1-14-9-4-3-8(11)7-10(9)15-5-6-16(2,12)13/h3-4,7H,5-6,11H2,1-2H3. The molecule has 6 heteroatoms. The number of sulfone groups is 1. The second-order valence-electron chi connectivity index (χ2n) is 3.39. The second-order valence-corrected chi connectivity index (χ2v) is 5.65. The van der Waals surface area contributed by atoms with Crippen LogP contribution in [-0.2, 0) is 9.84 Å². The van der Waals surface area contributed by atoms with Crippen molar-refractivity contribution in [3.63, 3.8) is 0 Å². The monoisotopic (exact) mass is 245 g/mol. The highest BCUT2D eigenvalue weighted by atomic mass is 32.2. The van der Waals surface area contributed by atoms with Crippen molar-refractivity contribution in [1.29, 1.82) is 0 Å². The summed E-state index contributed by atoms with van der Waals surface area (Å²) in [5, 5.41) is 0. The van der Waals surface area contributed by atoms with Gasteiger partial charge in [0.15, 0.2) is 21.3 Å². The number of rotatable bonds is 5. The molecule has 90 valence electrons. The molecular weight excluding hydrogens is 230 g/mol. The minimum Gasteiger partial charge on any atom is -0.493 e. The van der Waals surface area contributed by atoms with Crippen LogP contribution in [0.4, 0.5) is 5.69 Å². The molecule has 0 bridgehead atoms. The fourth-order valence-electron chi connectivity index (χ4n) is 1.11. The summed E-state index contributed by atoms with van der Waals surface area (Å²) in [4.78, 5) is 0. The van der Waals surface area contributed by atoms with Crippen LogP contribution >= 0.6 is 0 Å². The highest BCUT2D eigenvalue weighted by Gasteiger charge is 2.07. The third-order valence-electron chi connectivity index (χ3n) is 1.90. The van der Waals surface area contributed by atoms with Crippen LogP contribution < -0.4 is 15.2 Å². The lowest BCUT2D eigenvalue weighted by Gasteiger charge is -2.10. The first-order valence-electron chi connectivity index (χ1n) is 4.66. The van der Waals surface area contributed by atoms with E-state index < -0.39 is 9.84 Å². The van der Waals surface area contributed by atoms with Crippen LogP contribution in [0, 0.1) is 0 Å². The molecule has 0 saturated heterocycles. The number of nitrogens with two attached hydrogens (primary N) is 1. The van der Waals surface area contributed by atoms with E-state index in [0.717, 1.165) is 6.26 Å². The highest BCUT2D eigenvalue weighted by Crippen LogP contribution is 2.28. The SMILES string of the molecule is COc1ccc(N)cc1OCCS(C)(=O)=O. The lowest BCUT2D eigenvalue weighted by Crippen LogP contribution is -2.12. The summed E-state index contributed by atoms with van der Waals surface area (Å²) in [6.07, 6.45) is 1.16. The van der Waals surface area contributed by atoms with Gasteiger partial charge in [-0.2, -0.15) is 0 Å². The minimum absolute atomic E-state index is 0.0368. The Hall–Kier alpha value is -1.43. The molecule has 0 fully saturated rings. The van der Waals surface area contributed by atoms with Crippen molar-refractivity contribution in [3.05, 3.63) is 18.2 Å². The summed E-state index contributed by atoms with van der Waals surface area (Å²) < 4.78 is 32.2. The molecule has 5 nitrogen and oxygen atoms in total. The minimum atomic E-state index is -3.02. The van der Waals surface area contributed by atoms with Crippen molar-refractivity contribution < 1.29 is 17.9 Å². The Bertz CT molecular complexity index is 456. The molecule has 0 aliphatic carbocycles. The van der Waals surface area contributed by atoms with Gasteiger partial charge in [0, 0.05) is 18.0 Å². The predicted molar refractivity (Wildman–Crippen MR) is 62.6 cm³/mol. The highest BCUT2D eigenvalue weighted by molar-refractivity contribution is 7.90. The normalized spacial score (nSPS) is 11.1. The van der Waals surface area contributed by atoms with E-state index in [4.69, 9.17) is 15.2 Å². The van der Waals surface area contributed by atoms with Gasteiger partial charge >= 0.3 is 0 Å². The van der Waals surface area contributed by atoms with Crippen LogP contribution in [-0.4, -0.2) is 34.1 Å². The zero-order valence-corrected chi connectivity index (χ0v) is 10.1. The van der Waals surface area contributed by atoms with Gasteiger partial charge in [0.05, 0.1) is 12.9 Å². The van der Waals surface area contributed by atoms with Gasteiger partial charge in [0.1, 0.15) is 6.61 Å². The van der Waals surface area contributed by atoms with E-state index in [0.29, 0.717) is 17.2 Å². The third kappa shape index (κ3) is 3.98. The van der Waals surface area contributed by atoms with Crippen molar-refractivity contribution in [2.45, 2.75) is 0 Å². The molecule has 0 amide bonds. The Morgan fingerprint density at radius 1 is 1.31 bits per heavy atom. The number of hydrogen-bond donors (Lipinski definition) is 1. The van der Waals surface area contributed by atoms with Crippen molar-refractivity contribution in [3.8, 4) is 11.5 Å². The Balaban J connectivity index is 2.69. The van der Waals surface area contributed by atoms with E-state index in [1.54, 1.807) is 18.2 Å². The lowest BCUT2D eigenvalue weighted by atomic mass is 10.3. The molecule has 0 heterocycles. The largest absolute Gasteiger partial charge is 0.493 e. The topological polar surface area (TPSA) is 78.6 Å². The maximum atomic E-state index is 10.9. The summed E-state index contributed by atoms with van der Waals surface area (Å²) in [7, 11) is -1.51. The van der Waals surface area contributed by atoms with E-state index in [2.05, 4.69) is 0 Å². The van der Waals surface area contributed by atoms with Crippen molar-refractivity contribution in [2.24, 2.45) is 0 Å². The maximum absolute atomic E-state index is 10.9. The van der Waals surface area contributed by atoms with Gasteiger partial charge in [0.25, 0.3) is 0 Å². The molecule has 2 N–H and O–H groups in total. The number of anilines is 1. The first kappa shape index (κ1) is 12.6. The molecule has 0 radical (unpaired) electrons. The fourth-order valence-corrected chi connectivity index (χ4v) is 1.50. The summed E-state index contributed by atoms with van der Waals surface area (Å²) in [6.45, 7) is 0.0820. The van der Waals surface area contributed by atoms with E-state index in [1.165, 1.54) is 7.11 Å². The number of benzene rings is 1. The fraction of sp³-hybridized carbons (Fsp3) is 0.400. The van der Waals surface area contributed by atoms with Crippen LogP contribution in [0.3, 0.4) is 0 Å². The van der Waals surface area contributed by atoms with Crippen LogP contribution in [0.1, 0.15) is 0 Å². The van der Waals surface area contributed by atoms with Crippen molar-refractivity contribution in [1.82, 2.24) is 0 Å². The molecular formula is C10H15NO4S. The van der Waals surface area contributed by atoms with E-state index in [-0.39, 0.29) is 12.4 Å². The van der Waals surface area contributed by atoms with Gasteiger partial charge in [-0.1, -0.05) is 0 Å². The Morgan fingerprint density at radius 3 is 2.56 bits per heavy atom. The number of hydrogen-bond acceptors (Lipinski definition) is 5. The number of nitrogen functional groups attached to an aromatic ring is 1. The van der Waals surface area contributed by atoms with Gasteiger partial charge in [-0.05, 0) is 12.1 Å². The molecule has 1 aromatic rings. The van der Waals surface area contributed by atoms with E-state index >= 15 is 0 Å². The van der Waals surface area contributed by atoms with E-state index in [9.17, 15) is 8.42 Å². The summed E-state index contributed by atoms with van der Waals surface area (Å²) in [6, 6.07) is 4.95. The molecule has 0 spiro atoms. The van der Waals surface area contributed by atoms with Gasteiger partial charge in [-0.3, -0.25) is 0 Å². The van der Waals surface area contributed by atoms with Crippen LogP contribution in [0.15, 0.2) is 18.2 Å². The zero-order valence-electron chi connectivity index (χ0n) is 9.26. The molecule has 0 aromatic heterocycles. The average molecular weight is 245 g/mol. The van der Waals surface area contributed by atoms with Crippen LogP contribution in [0.2, 0.25) is 0 Å². The first-order chi connectivity index (χ1) is 7.42. The quantitative estimate of drug-likeness (QED) is 0.772. The smallest absolute Gasteiger partial charge is 0.163 e. The molecule has 0 unspecified atom stereocenters. The van der Waals surface area contributed by atoms with Gasteiger partial charge in [-0.25, -0.2) is 8.42 Å². The first-order valence-corrected chi connectivity index (χ1v) is 6.72. The lowest BCUT2D eigenvalue weighted by molar-refractivity contribution is 0.312. The third-order valence-corrected chi connectivity index (χ3v) is 2.81. The Kier molecular flexibility index (Phi) is 4.00. The van der Waals surface area contributed by atoms with Crippen LogP contribution in [0.25, 0.3) is 0 Å². The van der Waals surface area contributed by atoms with Gasteiger partial charge < -0.3 is 15.2 Å². The van der Waals surface area contributed by atoms with Crippen molar-refractivity contribution >= 4 is 15.5 Å². The van der Waals surface area contributed by atoms with Crippen molar-refractivity contribution in [2.75, 3.05) is 31.5 Å². The van der Waals surface area contributed by atoms with E-state index in [1.807, 2.05) is 0 Å². The average Bonchev–Trinajstić information content (AvgIpc) is 2.16. The number of ether oxygens (including phenoxy) is 2. The Labute approximate surface area is 95.1 Å². The molecule has 0 aliphatic heterocycles. The van der Waals surface area contributed by atoms with Crippen LogP contribution in [0.5, 0.6) is 11.5 Å². The summed E-state index contributed by atoms with van der Waals surface area (Å²) in [5.41, 5.74) is 6.12. The van der Waals surface area contributed by atoms with Gasteiger partial charge in [0.2, 0.25) is 0 Å². The molecule has 0 saturated carbocycles. The molecule has 16 heavy (non-hydrogen) atoms. The maximum Gasteiger partial charge on any atom is 0.163 e. The predicted octanol–water partition coefficient (Wildman–Crippen LogP) is 0.701. The molecule has 0 atom stereocenters. The Morgan fingerprint density at radius 2 is 2.00 bits per heavy atom. The second kappa shape index (κ2) is 5.07. The molecule has 0 aliphatic rings. The van der Waals surface area contributed by atoms with Gasteiger partial charge in [-0.15, -0.1) is 0 Å². The summed E-state index contributed by atoms with van der Waals surface area (Å²) >= 11 is 0. The molecule has 1 rings (SSSR count). The zero-order chi connectivity index (χ0) is 12.2.